The lowest BCUT2D eigenvalue weighted by molar-refractivity contribution is -0.137. The Morgan fingerprint density at radius 1 is 0.966 bits per heavy atom. The Morgan fingerprint density at radius 3 is 2.31 bits per heavy atom. The van der Waals surface area contributed by atoms with E-state index in [2.05, 4.69) is 41.3 Å². The molecule has 0 spiro atoms. The Bertz CT molecular complexity index is 1070. The number of halogens is 3. The van der Waals surface area contributed by atoms with Gasteiger partial charge < -0.3 is 5.32 Å². The topological polar surface area (TPSA) is 50.2 Å². The minimum absolute atomic E-state index is 0.492. The third-order valence-electron chi connectivity index (χ3n) is 5.04. The molecular weight excluding hydrogens is 377 g/mol. The lowest BCUT2D eigenvalue weighted by Gasteiger charge is -2.10. The van der Waals surface area contributed by atoms with Crippen molar-refractivity contribution >= 4 is 22.9 Å². The lowest BCUT2D eigenvalue weighted by atomic mass is 9.97. The molecule has 4 rings (SSSR count). The second kappa shape index (κ2) is 7.31. The highest BCUT2D eigenvalue weighted by Gasteiger charge is 2.30. The van der Waals surface area contributed by atoms with Crippen LogP contribution in [0.2, 0.25) is 0 Å². The van der Waals surface area contributed by atoms with Gasteiger partial charge in [-0.3, -0.25) is 4.99 Å². The number of hydrogen-bond donors (Lipinski definition) is 1. The summed E-state index contributed by atoms with van der Waals surface area (Å²) >= 11 is 0. The van der Waals surface area contributed by atoms with Gasteiger partial charge in [-0.1, -0.05) is 18.2 Å². The van der Waals surface area contributed by atoms with Crippen molar-refractivity contribution in [2.24, 2.45) is 4.99 Å². The fourth-order valence-corrected chi connectivity index (χ4v) is 3.46. The van der Waals surface area contributed by atoms with Crippen LogP contribution < -0.4 is 5.32 Å². The molecule has 0 saturated carbocycles. The summed E-state index contributed by atoms with van der Waals surface area (Å²) in [6, 6.07) is 11.1. The van der Waals surface area contributed by atoms with Crippen molar-refractivity contribution in [2.45, 2.75) is 32.9 Å². The predicted octanol–water partition coefficient (Wildman–Crippen LogP) is 5.73. The molecule has 7 heteroatoms. The standard InChI is InChI=1S/C22H19F3N4/c1-13-4-3-5-14(2)18(13)10-17-11-19-20(28-17)21(27-12-26-19)29-16-8-6-15(7-9-16)22(23,24)25/h3-9,12H,10-11H2,1-2H3,(H,26,27,29). The first kappa shape index (κ1) is 19.1. The molecule has 0 unspecified atom stereocenters. The highest BCUT2D eigenvalue weighted by molar-refractivity contribution is 5.97. The third kappa shape index (κ3) is 3.99. The molecule has 29 heavy (non-hydrogen) atoms. The zero-order valence-electron chi connectivity index (χ0n) is 16.0. The molecule has 0 bridgehead atoms. The predicted molar refractivity (Wildman–Crippen MR) is 107 cm³/mol. The van der Waals surface area contributed by atoms with Gasteiger partial charge in [-0.25, -0.2) is 9.97 Å². The number of rotatable bonds is 4. The van der Waals surface area contributed by atoms with Gasteiger partial charge in [-0.05, 0) is 54.8 Å². The summed E-state index contributed by atoms with van der Waals surface area (Å²) in [5.41, 5.74) is 5.97. The van der Waals surface area contributed by atoms with Crippen LogP contribution >= 0.6 is 0 Å². The molecule has 1 N–H and O–H groups in total. The van der Waals surface area contributed by atoms with Gasteiger partial charge in [0.2, 0.25) is 0 Å². The summed E-state index contributed by atoms with van der Waals surface area (Å²) < 4.78 is 38.2. The van der Waals surface area contributed by atoms with Gasteiger partial charge in [0, 0.05) is 24.2 Å². The second-order valence-corrected chi connectivity index (χ2v) is 7.12. The summed E-state index contributed by atoms with van der Waals surface area (Å²) in [5.74, 6) is 0.492. The van der Waals surface area contributed by atoms with Crippen LogP contribution in [-0.2, 0) is 19.0 Å². The fraction of sp³-hybridized carbons (Fsp3) is 0.227. The molecule has 1 aliphatic heterocycles. The molecule has 0 radical (unpaired) electrons. The summed E-state index contributed by atoms with van der Waals surface area (Å²) in [7, 11) is 0. The van der Waals surface area contributed by atoms with E-state index < -0.39 is 11.7 Å². The Morgan fingerprint density at radius 2 is 1.66 bits per heavy atom. The number of aryl methyl sites for hydroxylation is 2. The number of anilines is 2. The molecule has 1 aliphatic rings. The molecular formula is C22H19F3N4. The smallest absolute Gasteiger partial charge is 0.338 e. The average molecular weight is 396 g/mol. The summed E-state index contributed by atoms with van der Waals surface area (Å²) in [5, 5.41) is 3.06. The summed E-state index contributed by atoms with van der Waals surface area (Å²) in [6.07, 6.45) is -1.55. The van der Waals surface area contributed by atoms with E-state index in [1.54, 1.807) is 0 Å². The first-order valence-corrected chi connectivity index (χ1v) is 9.21. The van der Waals surface area contributed by atoms with E-state index in [0.717, 1.165) is 30.0 Å². The number of aliphatic imine (C=N–C) groups is 1. The maximum atomic E-state index is 12.7. The quantitative estimate of drug-likeness (QED) is 0.613. The van der Waals surface area contributed by atoms with Crippen LogP contribution in [0, 0.1) is 13.8 Å². The van der Waals surface area contributed by atoms with Gasteiger partial charge in [0.25, 0.3) is 0 Å². The summed E-state index contributed by atoms with van der Waals surface area (Å²) in [4.78, 5) is 13.3. The number of hydrogen-bond acceptors (Lipinski definition) is 4. The molecule has 3 aromatic rings. The molecule has 4 nitrogen and oxygen atoms in total. The zero-order chi connectivity index (χ0) is 20.6. The lowest BCUT2D eigenvalue weighted by Crippen LogP contribution is -2.06. The van der Waals surface area contributed by atoms with E-state index in [0.29, 0.717) is 23.6 Å². The van der Waals surface area contributed by atoms with Crippen molar-refractivity contribution in [1.29, 1.82) is 0 Å². The van der Waals surface area contributed by atoms with E-state index in [4.69, 9.17) is 4.99 Å². The van der Waals surface area contributed by atoms with Gasteiger partial charge in [-0.15, -0.1) is 0 Å². The molecule has 2 heterocycles. The zero-order valence-corrected chi connectivity index (χ0v) is 16.0. The molecule has 1 aromatic heterocycles. The van der Waals surface area contributed by atoms with Crippen LogP contribution in [0.4, 0.5) is 30.4 Å². The van der Waals surface area contributed by atoms with E-state index in [1.807, 2.05) is 6.07 Å². The van der Waals surface area contributed by atoms with Gasteiger partial charge in [0.05, 0.1) is 11.3 Å². The monoisotopic (exact) mass is 396 g/mol. The van der Waals surface area contributed by atoms with Crippen LogP contribution in [0.15, 0.2) is 53.8 Å². The van der Waals surface area contributed by atoms with E-state index in [9.17, 15) is 13.2 Å². The van der Waals surface area contributed by atoms with E-state index >= 15 is 0 Å². The van der Waals surface area contributed by atoms with Crippen LogP contribution in [0.1, 0.15) is 27.9 Å². The molecule has 0 amide bonds. The van der Waals surface area contributed by atoms with Crippen molar-refractivity contribution in [2.75, 3.05) is 5.32 Å². The molecule has 0 atom stereocenters. The Kier molecular flexibility index (Phi) is 4.82. The van der Waals surface area contributed by atoms with Crippen molar-refractivity contribution in [3.63, 3.8) is 0 Å². The second-order valence-electron chi connectivity index (χ2n) is 7.12. The van der Waals surface area contributed by atoms with Crippen molar-refractivity contribution < 1.29 is 13.2 Å². The van der Waals surface area contributed by atoms with E-state index in [-0.39, 0.29) is 0 Å². The van der Waals surface area contributed by atoms with Crippen molar-refractivity contribution in [1.82, 2.24) is 9.97 Å². The number of benzene rings is 2. The maximum Gasteiger partial charge on any atom is 0.416 e. The first-order valence-electron chi connectivity index (χ1n) is 9.21. The highest BCUT2D eigenvalue weighted by Crippen LogP contribution is 2.35. The van der Waals surface area contributed by atoms with Crippen molar-refractivity contribution in [3.8, 4) is 0 Å². The van der Waals surface area contributed by atoms with Crippen LogP contribution in [-0.4, -0.2) is 15.7 Å². The first-order chi connectivity index (χ1) is 13.8. The van der Waals surface area contributed by atoms with Crippen molar-refractivity contribution in [3.05, 3.63) is 76.7 Å². The van der Waals surface area contributed by atoms with Gasteiger partial charge in [0.1, 0.15) is 12.0 Å². The fourth-order valence-electron chi connectivity index (χ4n) is 3.46. The minimum Gasteiger partial charge on any atom is -0.338 e. The number of alkyl halides is 3. The molecule has 0 fully saturated rings. The molecule has 0 aliphatic carbocycles. The minimum atomic E-state index is -4.36. The van der Waals surface area contributed by atoms with Gasteiger partial charge in [0.15, 0.2) is 5.82 Å². The number of fused-ring (bicyclic) bond motifs is 1. The normalized spacial score (nSPS) is 13.2. The van der Waals surface area contributed by atoms with E-state index in [1.165, 1.54) is 35.2 Å². The van der Waals surface area contributed by atoms with Crippen LogP contribution in [0.3, 0.4) is 0 Å². The van der Waals surface area contributed by atoms with Crippen LogP contribution in [0.25, 0.3) is 0 Å². The van der Waals surface area contributed by atoms with Gasteiger partial charge >= 0.3 is 6.18 Å². The van der Waals surface area contributed by atoms with Gasteiger partial charge in [-0.2, -0.15) is 13.2 Å². The number of nitrogens with one attached hydrogen (secondary N) is 1. The molecule has 2 aromatic carbocycles. The Balaban J connectivity index is 1.58. The highest BCUT2D eigenvalue weighted by atomic mass is 19.4. The largest absolute Gasteiger partial charge is 0.416 e. The SMILES string of the molecule is Cc1cccc(C)c1CC1=Nc2c(ncnc2Nc2ccc(C(F)(F)F)cc2)C1. The summed E-state index contributed by atoms with van der Waals surface area (Å²) in [6.45, 7) is 4.17. The maximum absolute atomic E-state index is 12.7. The third-order valence-corrected chi connectivity index (χ3v) is 5.04. The molecule has 148 valence electrons. The Hall–Kier alpha value is -3.22. The average Bonchev–Trinajstić information content (AvgIpc) is 3.08. The number of aromatic nitrogens is 2. The van der Waals surface area contributed by atoms with Crippen LogP contribution in [0.5, 0.6) is 0 Å². The molecule has 0 saturated heterocycles. The number of nitrogens with zero attached hydrogens (tertiary/aromatic N) is 3. The Labute approximate surface area is 166 Å².